The number of nitrogens with zero attached hydrogens (tertiary/aromatic N) is 3. The van der Waals surface area contributed by atoms with Crippen LogP contribution in [0.5, 0.6) is 0 Å². The van der Waals surface area contributed by atoms with Gasteiger partial charge in [0.15, 0.2) is 0 Å². The molecule has 1 fully saturated rings. The molecule has 102 valence electrons. The van der Waals surface area contributed by atoms with Gasteiger partial charge in [0.1, 0.15) is 5.82 Å². The summed E-state index contributed by atoms with van der Waals surface area (Å²) in [6, 6.07) is 2.41. The Bertz CT molecular complexity index is 427. The Labute approximate surface area is 110 Å². The lowest BCUT2D eigenvalue weighted by atomic mass is 9.92. The molecular weight excluding hydrogens is 228 g/mol. The van der Waals surface area contributed by atoms with E-state index in [1.54, 1.807) is 0 Å². The second-order valence-corrected chi connectivity index (χ2v) is 5.96. The lowest BCUT2D eigenvalue weighted by Gasteiger charge is -2.28. The van der Waals surface area contributed by atoms with Gasteiger partial charge >= 0.3 is 0 Å². The first-order chi connectivity index (χ1) is 8.36. The molecule has 0 unspecified atom stereocenters. The van der Waals surface area contributed by atoms with Crippen molar-refractivity contribution < 1.29 is 6.16 Å². The number of anilines is 2. The predicted octanol–water partition coefficient (Wildman–Crippen LogP) is 1.90. The number of aromatic nitrogens is 2. The summed E-state index contributed by atoms with van der Waals surface area (Å²) in [6.45, 7) is 7.99. The van der Waals surface area contributed by atoms with E-state index in [9.17, 15) is 0 Å². The Morgan fingerprint density at radius 3 is 2.44 bits per heavy atom. The van der Waals surface area contributed by atoms with E-state index in [4.69, 9.17) is 4.74 Å². The molecule has 1 aromatic rings. The van der Waals surface area contributed by atoms with Crippen LogP contribution in [0.15, 0.2) is 6.07 Å². The molecule has 0 radical (unpaired) electrons. The first-order valence-corrected chi connectivity index (χ1v) is 6.27. The molecule has 5 nitrogen and oxygen atoms in total. The van der Waals surface area contributed by atoms with Gasteiger partial charge in [0.05, 0.1) is 24.9 Å². The van der Waals surface area contributed by atoms with Crippen LogP contribution in [0.3, 0.4) is 0 Å². The Morgan fingerprint density at radius 2 is 2.00 bits per heavy atom. The van der Waals surface area contributed by atoms with Gasteiger partial charge in [0.2, 0.25) is 5.95 Å². The second-order valence-electron chi connectivity index (χ2n) is 5.96. The second kappa shape index (κ2) is 4.72. The van der Waals surface area contributed by atoms with E-state index in [1.165, 1.54) is 0 Å². The van der Waals surface area contributed by atoms with Gasteiger partial charge in [-0.25, -0.2) is 4.98 Å². The van der Waals surface area contributed by atoms with Gasteiger partial charge in [-0.1, -0.05) is 20.8 Å². The van der Waals surface area contributed by atoms with Gasteiger partial charge in [-0.15, -0.1) is 0 Å². The number of ether oxygens (including phenoxy) is 1. The van der Waals surface area contributed by atoms with Crippen LogP contribution in [0.25, 0.3) is 0 Å². The van der Waals surface area contributed by atoms with Crippen molar-refractivity contribution in [2.75, 3.05) is 37.5 Å². The molecule has 1 aliphatic heterocycles. The van der Waals surface area contributed by atoms with Crippen LogP contribution in [0.4, 0.5) is 11.8 Å². The van der Waals surface area contributed by atoms with Crippen LogP contribution in [0.2, 0.25) is 0 Å². The monoisotopic (exact) mass is 252 g/mol. The van der Waals surface area contributed by atoms with E-state index in [0.717, 1.165) is 30.7 Å². The number of hydrogen-bond acceptors (Lipinski definition) is 5. The maximum Gasteiger partial charge on any atom is 0.227 e. The Morgan fingerprint density at radius 1 is 1.33 bits per heavy atom. The molecule has 0 atom stereocenters. The topological polar surface area (TPSA) is 50.3 Å². The van der Waals surface area contributed by atoms with Crippen LogP contribution < -0.4 is 10.2 Å². The van der Waals surface area contributed by atoms with E-state index in [0.29, 0.717) is 6.04 Å². The fourth-order valence-corrected chi connectivity index (χ4v) is 1.62. The molecule has 18 heavy (non-hydrogen) atoms. The third-order valence-electron chi connectivity index (χ3n) is 2.87. The highest BCUT2D eigenvalue weighted by atomic mass is 16.5. The number of rotatable bonds is 3. The summed E-state index contributed by atoms with van der Waals surface area (Å²) in [5, 5.41) is 3.38. The maximum absolute atomic E-state index is 5.17. The minimum Gasteiger partial charge on any atom is -0.377 e. The van der Waals surface area contributed by atoms with E-state index in [-0.39, 0.29) is 6.84 Å². The Kier molecular flexibility index (Phi) is 3.43. The van der Waals surface area contributed by atoms with E-state index in [2.05, 4.69) is 36.1 Å². The van der Waals surface area contributed by atoms with Crippen LogP contribution >= 0.6 is 0 Å². The van der Waals surface area contributed by atoms with Gasteiger partial charge in [0, 0.05) is 27.0 Å². The largest absolute Gasteiger partial charge is 0.377 e. The zero-order valence-electron chi connectivity index (χ0n) is 11.8. The van der Waals surface area contributed by atoms with Crippen molar-refractivity contribution in [3.05, 3.63) is 11.8 Å². The third-order valence-corrected chi connectivity index (χ3v) is 2.87. The standard InChI is InChI=1S/C13H22N4O.H2/c1-13(2,3)10-6-11(14-9-7-18-8-9)16-12(15-10)17(4)5;/h6,9H,7-8H2,1-5H3,(H,14,15,16);1H. The van der Waals surface area contributed by atoms with Crippen molar-refractivity contribution in [1.82, 2.24) is 9.97 Å². The molecule has 1 saturated heterocycles. The highest BCUT2D eigenvalue weighted by molar-refractivity contribution is 5.45. The minimum absolute atomic E-state index is 0. The molecule has 0 saturated carbocycles. The van der Waals surface area contributed by atoms with Crippen LogP contribution in [-0.2, 0) is 10.2 Å². The zero-order chi connectivity index (χ0) is 13.3. The first kappa shape index (κ1) is 13.1. The quantitative estimate of drug-likeness (QED) is 0.890. The smallest absolute Gasteiger partial charge is 0.227 e. The van der Waals surface area contributed by atoms with E-state index in [1.807, 2.05) is 25.1 Å². The van der Waals surface area contributed by atoms with Crippen LogP contribution in [0, 0.1) is 0 Å². The number of nitrogens with one attached hydrogen (secondary N) is 1. The summed E-state index contributed by atoms with van der Waals surface area (Å²) in [7, 11) is 3.91. The summed E-state index contributed by atoms with van der Waals surface area (Å²) < 4.78 is 5.17. The Balaban J connectivity index is 0.00000180. The first-order valence-electron chi connectivity index (χ1n) is 6.27. The zero-order valence-corrected chi connectivity index (χ0v) is 11.8. The molecule has 1 aliphatic rings. The predicted molar refractivity (Wildman–Crippen MR) is 75.4 cm³/mol. The van der Waals surface area contributed by atoms with Crippen molar-refractivity contribution >= 4 is 11.8 Å². The highest BCUT2D eigenvalue weighted by Gasteiger charge is 2.22. The SMILES string of the molecule is CN(C)c1nc(NC2COC2)cc(C(C)(C)C)n1.[HH]. The lowest BCUT2D eigenvalue weighted by molar-refractivity contribution is 0.0209. The van der Waals surface area contributed by atoms with Crippen molar-refractivity contribution in [1.29, 1.82) is 0 Å². The van der Waals surface area contributed by atoms with Gasteiger partial charge in [-0.3, -0.25) is 0 Å². The van der Waals surface area contributed by atoms with E-state index < -0.39 is 0 Å². The molecule has 2 rings (SSSR count). The molecule has 1 N–H and O–H groups in total. The average molecular weight is 252 g/mol. The van der Waals surface area contributed by atoms with Crippen molar-refractivity contribution in [2.45, 2.75) is 32.2 Å². The summed E-state index contributed by atoms with van der Waals surface area (Å²) >= 11 is 0. The van der Waals surface area contributed by atoms with Crippen molar-refractivity contribution in [3.63, 3.8) is 0 Å². The minimum atomic E-state index is 0. The van der Waals surface area contributed by atoms with Gasteiger partial charge in [-0.2, -0.15) is 4.98 Å². The van der Waals surface area contributed by atoms with Crippen molar-refractivity contribution in [3.8, 4) is 0 Å². The molecule has 5 heteroatoms. The summed E-state index contributed by atoms with van der Waals surface area (Å²) in [5.74, 6) is 1.62. The lowest BCUT2D eigenvalue weighted by Crippen LogP contribution is -2.40. The molecule has 0 aromatic carbocycles. The summed E-state index contributed by atoms with van der Waals surface area (Å²) in [4.78, 5) is 11.0. The summed E-state index contributed by atoms with van der Waals surface area (Å²) in [5.41, 5.74) is 1.06. The van der Waals surface area contributed by atoms with Crippen LogP contribution in [-0.4, -0.2) is 43.3 Å². The van der Waals surface area contributed by atoms with Gasteiger partial charge in [0.25, 0.3) is 0 Å². The molecular formula is C13H24N4O. The van der Waals surface area contributed by atoms with Gasteiger partial charge < -0.3 is 15.0 Å². The molecule has 1 aromatic heterocycles. The molecule has 0 spiro atoms. The fourth-order valence-electron chi connectivity index (χ4n) is 1.62. The average Bonchev–Trinajstić information content (AvgIpc) is 2.22. The maximum atomic E-state index is 5.17. The highest BCUT2D eigenvalue weighted by Crippen LogP contribution is 2.24. The van der Waals surface area contributed by atoms with E-state index >= 15 is 0 Å². The Hall–Kier alpha value is -1.36. The third kappa shape index (κ3) is 2.90. The summed E-state index contributed by atoms with van der Waals surface area (Å²) in [6.07, 6.45) is 0. The molecule has 2 heterocycles. The fraction of sp³-hybridized carbons (Fsp3) is 0.692. The van der Waals surface area contributed by atoms with Gasteiger partial charge in [-0.05, 0) is 0 Å². The van der Waals surface area contributed by atoms with Crippen molar-refractivity contribution in [2.24, 2.45) is 0 Å². The number of hydrogen-bond donors (Lipinski definition) is 1. The molecule has 0 bridgehead atoms. The normalized spacial score (nSPS) is 16.3. The molecule has 0 aliphatic carbocycles. The van der Waals surface area contributed by atoms with Crippen LogP contribution in [0.1, 0.15) is 27.9 Å². The molecule has 0 amide bonds.